The van der Waals surface area contributed by atoms with Crippen molar-refractivity contribution < 1.29 is 18.3 Å². The van der Waals surface area contributed by atoms with Crippen molar-refractivity contribution in [2.24, 2.45) is 5.41 Å². The van der Waals surface area contributed by atoms with Gasteiger partial charge in [0.2, 0.25) is 0 Å². The summed E-state index contributed by atoms with van der Waals surface area (Å²) >= 11 is 0. The first-order chi connectivity index (χ1) is 10.5. The van der Waals surface area contributed by atoms with Crippen molar-refractivity contribution in [2.45, 2.75) is 88.6 Å². The Hall–Kier alpha value is -0.910. The second kappa shape index (κ2) is 5.32. The molecule has 1 spiro atoms. The first kappa shape index (κ1) is 14.7. The van der Waals surface area contributed by atoms with Crippen molar-refractivity contribution in [2.75, 3.05) is 0 Å². The van der Waals surface area contributed by atoms with E-state index in [4.69, 9.17) is 0 Å². The van der Waals surface area contributed by atoms with Gasteiger partial charge < -0.3 is 15.0 Å². The molecule has 2 amide bonds. The fourth-order valence-electron chi connectivity index (χ4n) is 4.95. The molecule has 2 saturated heterocycles. The third kappa shape index (κ3) is 2.70. The van der Waals surface area contributed by atoms with Crippen LogP contribution in [0.3, 0.4) is 0 Å². The van der Waals surface area contributed by atoms with E-state index < -0.39 is 12.7 Å². The summed E-state index contributed by atoms with van der Waals surface area (Å²) in [7, 11) is 0. The predicted molar refractivity (Wildman–Crippen MR) is 76.6 cm³/mol. The van der Waals surface area contributed by atoms with Gasteiger partial charge in [-0.3, -0.25) is 0 Å². The maximum absolute atomic E-state index is 12.6. The van der Waals surface area contributed by atoms with Gasteiger partial charge >= 0.3 is 12.6 Å². The van der Waals surface area contributed by atoms with Gasteiger partial charge in [-0.15, -0.1) is 0 Å². The van der Waals surface area contributed by atoms with E-state index in [0.29, 0.717) is 30.3 Å². The molecule has 1 N–H and O–H groups in total. The van der Waals surface area contributed by atoms with E-state index >= 15 is 0 Å². The molecule has 0 aromatic rings. The lowest BCUT2D eigenvalue weighted by molar-refractivity contribution is -0.160. The van der Waals surface area contributed by atoms with Crippen LogP contribution in [0.1, 0.15) is 57.8 Å². The van der Waals surface area contributed by atoms with Crippen molar-refractivity contribution in [3.05, 3.63) is 0 Å². The van der Waals surface area contributed by atoms with Gasteiger partial charge in [0, 0.05) is 18.1 Å². The Morgan fingerprint density at radius 3 is 2.41 bits per heavy atom. The molecule has 2 saturated carbocycles. The molecule has 124 valence electrons. The second-order valence-electron chi connectivity index (χ2n) is 7.68. The number of halogens is 2. The van der Waals surface area contributed by atoms with Gasteiger partial charge in [0.05, 0.1) is 6.10 Å². The zero-order valence-electron chi connectivity index (χ0n) is 12.8. The first-order valence-electron chi connectivity index (χ1n) is 8.57. The molecule has 2 bridgehead atoms. The van der Waals surface area contributed by atoms with Crippen LogP contribution in [0.25, 0.3) is 0 Å². The number of amides is 2. The van der Waals surface area contributed by atoms with Crippen LogP contribution in [-0.4, -0.2) is 41.8 Å². The number of hydrogen-bond acceptors (Lipinski definition) is 2. The lowest BCUT2D eigenvalue weighted by Gasteiger charge is -2.39. The number of alkyl halides is 2. The molecule has 4 fully saturated rings. The number of urea groups is 1. The predicted octanol–water partition coefficient (Wildman–Crippen LogP) is 3.26. The number of hydrogen-bond donors (Lipinski definition) is 1. The number of nitrogens with zero attached hydrogens (tertiary/aromatic N) is 1. The van der Waals surface area contributed by atoms with E-state index in [1.807, 2.05) is 0 Å². The Bertz CT molecular complexity index is 439. The SMILES string of the molecule is O=C(NC1CCC(OC(F)F)C1)N1C2CCC1CC1(CC1)C2. The molecular weight excluding hydrogens is 290 g/mol. The normalized spacial score (nSPS) is 38.8. The molecule has 22 heavy (non-hydrogen) atoms. The zero-order chi connectivity index (χ0) is 15.3. The largest absolute Gasteiger partial charge is 0.345 e. The van der Waals surface area contributed by atoms with Gasteiger partial charge in [-0.2, -0.15) is 8.78 Å². The van der Waals surface area contributed by atoms with Gasteiger partial charge in [0.15, 0.2) is 0 Å². The van der Waals surface area contributed by atoms with Crippen LogP contribution in [-0.2, 0) is 4.74 Å². The summed E-state index contributed by atoms with van der Waals surface area (Å²) < 4.78 is 29.0. The molecule has 2 aliphatic carbocycles. The smallest absolute Gasteiger partial charge is 0.335 e. The highest BCUT2D eigenvalue weighted by molar-refractivity contribution is 5.76. The molecule has 4 nitrogen and oxygen atoms in total. The van der Waals surface area contributed by atoms with E-state index in [1.54, 1.807) is 0 Å². The van der Waals surface area contributed by atoms with E-state index in [9.17, 15) is 13.6 Å². The molecule has 4 aliphatic rings. The van der Waals surface area contributed by atoms with Gasteiger partial charge in [-0.05, 0) is 63.2 Å². The van der Waals surface area contributed by atoms with Crippen molar-refractivity contribution in [3.8, 4) is 0 Å². The van der Waals surface area contributed by atoms with E-state index in [1.165, 1.54) is 25.7 Å². The van der Waals surface area contributed by atoms with E-state index in [2.05, 4.69) is 15.0 Å². The van der Waals surface area contributed by atoms with Crippen LogP contribution in [0.2, 0.25) is 0 Å². The quantitative estimate of drug-likeness (QED) is 0.869. The summed E-state index contributed by atoms with van der Waals surface area (Å²) in [6, 6.07) is 0.796. The van der Waals surface area contributed by atoms with Crippen LogP contribution in [0.4, 0.5) is 13.6 Å². The van der Waals surface area contributed by atoms with Crippen molar-refractivity contribution >= 4 is 6.03 Å². The summed E-state index contributed by atoms with van der Waals surface area (Å²) in [5.41, 5.74) is 0.562. The molecule has 6 heteroatoms. The molecule has 2 aliphatic heterocycles. The average molecular weight is 314 g/mol. The minimum Gasteiger partial charge on any atom is -0.335 e. The van der Waals surface area contributed by atoms with E-state index in [0.717, 1.165) is 19.3 Å². The number of piperidine rings is 1. The minimum atomic E-state index is -2.72. The lowest BCUT2D eigenvalue weighted by Crippen LogP contribution is -2.53. The van der Waals surface area contributed by atoms with Gasteiger partial charge in [-0.25, -0.2) is 4.79 Å². The van der Waals surface area contributed by atoms with Gasteiger partial charge in [0.1, 0.15) is 0 Å². The highest BCUT2D eigenvalue weighted by Gasteiger charge is 2.55. The van der Waals surface area contributed by atoms with Gasteiger partial charge in [0.25, 0.3) is 0 Å². The van der Waals surface area contributed by atoms with E-state index in [-0.39, 0.29) is 12.1 Å². The molecule has 2 heterocycles. The number of ether oxygens (including phenoxy) is 1. The highest BCUT2D eigenvalue weighted by atomic mass is 19.3. The number of carbonyl (C=O) groups is 1. The Labute approximate surface area is 129 Å². The van der Waals surface area contributed by atoms with Crippen LogP contribution >= 0.6 is 0 Å². The Morgan fingerprint density at radius 2 is 1.82 bits per heavy atom. The molecular formula is C16H24F2N2O2. The maximum atomic E-state index is 12.6. The van der Waals surface area contributed by atoms with Crippen molar-refractivity contribution in [1.29, 1.82) is 0 Å². The summed E-state index contributed by atoms with van der Waals surface area (Å²) in [5.74, 6) is 0. The third-order valence-electron chi connectivity index (χ3n) is 6.16. The Balaban J connectivity index is 1.32. The van der Waals surface area contributed by atoms with Crippen LogP contribution in [0.5, 0.6) is 0 Å². The standard InChI is InChI=1S/C16H24F2N2O2/c17-14(18)22-13-4-1-10(7-13)19-15(21)20-11-2-3-12(20)9-16(8-11)5-6-16/h10-14H,1-9H2,(H,19,21). The maximum Gasteiger partial charge on any atom is 0.345 e. The number of fused-ring (bicyclic) bond motifs is 2. The molecule has 4 atom stereocenters. The topological polar surface area (TPSA) is 41.6 Å². The number of nitrogens with one attached hydrogen (secondary N) is 1. The van der Waals surface area contributed by atoms with Crippen LogP contribution in [0, 0.1) is 5.41 Å². The highest BCUT2D eigenvalue weighted by Crippen LogP contribution is 2.59. The average Bonchev–Trinajstić information content (AvgIpc) is 2.93. The Morgan fingerprint density at radius 1 is 1.14 bits per heavy atom. The van der Waals surface area contributed by atoms with Crippen molar-refractivity contribution in [1.82, 2.24) is 10.2 Å². The molecule has 0 aromatic carbocycles. The second-order valence-corrected chi connectivity index (χ2v) is 7.68. The lowest BCUT2D eigenvalue weighted by atomic mass is 9.88. The van der Waals surface area contributed by atoms with Crippen LogP contribution < -0.4 is 5.32 Å². The minimum absolute atomic E-state index is 0.0192. The number of rotatable bonds is 3. The zero-order valence-corrected chi connectivity index (χ0v) is 12.8. The summed E-state index contributed by atoms with van der Waals surface area (Å²) in [6.07, 6.45) is 8.68. The fourth-order valence-corrected chi connectivity index (χ4v) is 4.95. The Kier molecular flexibility index (Phi) is 3.55. The van der Waals surface area contributed by atoms with Gasteiger partial charge in [-0.1, -0.05) is 0 Å². The summed E-state index contributed by atoms with van der Waals surface area (Å²) in [4.78, 5) is 14.7. The monoisotopic (exact) mass is 314 g/mol. The molecule has 0 radical (unpaired) electrons. The number of carbonyl (C=O) groups excluding carboxylic acids is 1. The third-order valence-corrected chi connectivity index (χ3v) is 6.16. The molecule has 0 aromatic heterocycles. The first-order valence-corrected chi connectivity index (χ1v) is 8.57. The summed E-state index contributed by atoms with van der Waals surface area (Å²) in [5, 5.41) is 3.06. The molecule has 4 rings (SSSR count). The summed E-state index contributed by atoms with van der Waals surface area (Å²) in [6.45, 7) is -2.72. The van der Waals surface area contributed by atoms with Crippen molar-refractivity contribution in [3.63, 3.8) is 0 Å². The van der Waals surface area contributed by atoms with Crippen LogP contribution in [0.15, 0.2) is 0 Å². The molecule has 4 unspecified atom stereocenters. The fraction of sp³-hybridized carbons (Fsp3) is 0.938.